The lowest BCUT2D eigenvalue weighted by atomic mass is 9.90. The molecule has 0 aliphatic carbocycles. The summed E-state index contributed by atoms with van der Waals surface area (Å²) in [6, 6.07) is 7.09. The van der Waals surface area contributed by atoms with Crippen LogP contribution in [0.3, 0.4) is 0 Å². The van der Waals surface area contributed by atoms with Gasteiger partial charge in [-0.15, -0.1) is 12.4 Å². The van der Waals surface area contributed by atoms with Crippen molar-refractivity contribution in [3.05, 3.63) is 41.7 Å². The second-order valence-corrected chi connectivity index (χ2v) is 7.04. The minimum Gasteiger partial charge on any atom is -0.328 e. The Morgan fingerprint density at radius 2 is 2.00 bits per heavy atom. The van der Waals surface area contributed by atoms with Crippen LogP contribution in [0.5, 0.6) is 0 Å². The third kappa shape index (κ3) is 4.38. The zero-order chi connectivity index (χ0) is 16.4. The Bertz CT molecular complexity index is 657. The average Bonchev–Trinajstić information content (AvgIpc) is 2.96. The van der Waals surface area contributed by atoms with Gasteiger partial charge in [-0.3, -0.25) is 9.58 Å². The van der Waals surface area contributed by atoms with Crippen LogP contribution in [-0.4, -0.2) is 33.8 Å². The van der Waals surface area contributed by atoms with Crippen LogP contribution in [0.15, 0.2) is 30.6 Å². The number of rotatable bonds is 4. The van der Waals surface area contributed by atoms with Gasteiger partial charge in [0.05, 0.1) is 6.20 Å². The Kier molecular flexibility index (Phi) is 6.44. The molecule has 4 nitrogen and oxygen atoms in total. The summed E-state index contributed by atoms with van der Waals surface area (Å²) in [5, 5.41) is 4.33. The maximum absolute atomic E-state index is 6.06. The van der Waals surface area contributed by atoms with Gasteiger partial charge in [-0.25, -0.2) is 0 Å². The molecule has 1 fully saturated rings. The lowest BCUT2D eigenvalue weighted by Crippen LogP contribution is -2.39. The molecule has 0 amide bonds. The molecule has 24 heavy (non-hydrogen) atoms. The Morgan fingerprint density at radius 3 is 2.58 bits per heavy atom. The van der Waals surface area contributed by atoms with E-state index in [1.807, 2.05) is 17.9 Å². The maximum atomic E-state index is 6.06. The van der Waals surface area contributed by atoms with Gasteiger partial charge in [0, 0.05) is 31.4 Å². The molecule has 2 heterocycles. The number of aryl methyl sites for hydroxylation is 2. The van der Waals surface area contributed by atoms with Crippen LogP contribution in [0, 0.1) is 12.8 Å². The normalized spacial score (nSPS) is 17.5. The highest BCUT2D eigenvalue weighted by Crippen LogP contribution is 2.27. The van der Waals surface area contributed by atoms with Crippen molar-refractivity contribution >= 4 is 12.4 Å². The quantitative estimate of drug-likeness (QED) is 0.921. The molecule has 1 aliphatic rings. The van der Waals surface area contributed by atoms with Crippen LogP contribution >= 0.6 is 12.4 Å². The number of hydrogen-bond donors (Lipinski definition) is 1. The smallest absolute Gasteiger partial charge is 0.0568 e. The van der Waals surface area contributed by atoms with Crippen LogP contribution in [0.25, 0.3) is 11.1 Å². The summed E-state index contributed by atoms with van der Waals surface area (Å²) in [4.78, 5) is 2.56. The van der Waals surface area contributed by atoms with Crippen molar-refractivity contribution in [1.29, 1.82) is 0 Å². The van der Waals surface area contributed by atoms with E-state index in [0.717, 1.165) is 19.6 Å². The van der Waals surface area contributed by atoms with E-state index >= 15 is 0 Å². The lowest BCUT2D eigenvalue weighted by Gasteiger charge is -2.34. The van der Waals surface area contributed by atoms with E-state index in [1.54, 1.807) is 0 Å². The number of halogens is 1. The van der Waals surface area contributed by atoms with Crippen LogP contribution in [-0.2, 0) is 13.6 Å². The van der Waals surface area contributed by atoms with Gasteiger partial charge in [-0.05, 0) is 56.8 Å². The van der Waals surface area contributed by atoms with Gasteiger partial charge in [0.1, 0.15) is 0 Å². The van der Waals surface area contributed by atoms with Crippen molar-refractivity contribution in [3.63, 3.8) is 0 Å². The molecule has 0 spiro atoms. The third-order valence-electron chi connectivity index (χ3n) is 5.05. The van der Waals surface area contributed by atoms with E-state index < -0.39 is 0 Å². The van der Waals surface area contributed by atoms with Gasteiger partial charge in [0.2, 0.25) is 0 Å². The highest BCUT2D eigenvalue weighted by Gasteiger charge is 2.22. The first-order valence-corrected chi connectivity index (χ1v) is 8.59. The lowest BCUT2D eigenvalue weighted by molar-refractivity contribution is 0.166. The number of nitrogens with zero attached hydrogens (tertiary/aromatic N) is 3. The van der Waals surface area contributed by atoms with E-state index in [1.165, 1.54) is 35.1 Å². The standard InChI is InChI=1S/C19H28N4.ClH/c1-14-4-5-17(19(10-14)18-11-21-22(3)12-18)13-23-8-6-16(7-9-23)15(2)20;/h4-5,10-12,15-16H,6-9,13,20H2,1-3H3;1H. The number of piperidine rings is 1. The molecule has 1 atom stereocenters. The molecule has 1 saturated heterocycles. The van der Waals surface area contributed by atoms with E-state index in [9.17, 15) is 0 Å². The van der Waals surface area contributed by atoms with E-state index in [0.29, 0.717) is 12.0 Å². The van der Waals surface area contributed by atoms with Crippen LogP contribution in [0.4, 0.5) is 0 Å². The molecule has 132 valence electrons. The number of benzene rings is 1. The summed E-state index contributed by atoms with van der Waals surface area (Å²) >= 11 is 0. The fourth-order valence-electron chi connectivity index (χ4n) is 3.53. The first-order chi connectivity index (χ1) is 11.0. The van der Waals surface area contributed by atoms with Gasteiger partial charge < -0.3 is 5.73 Å². The van der Waals surface area contributed by atoms with E-state index in [2.05, 4.69) is 48.2 Å². The van der Waals surface area contributed by atoms with Gasteiger partial charge in [0.15, 0.2) is 0 Å². The Balaban J connectivity index is 0.00000208. The largest absolute Gasteiger partial charge is 0.328 e. The van der Waals surface area contributed by atoms with Crippen molar-refractivity contribution in [2.75, 3.05) is 13.1 Å². The Hall–Kier alpha value is -1.36. The maximum Gasteiger partial charge on any atom is 0.0568 e. The van der Waals surface area contributed by atoms with Crippen molar-refractivity contribution in [2.45, 2.75) is 39.3 Å². The molecular weight excluding hydrogens is 320 g/mol. The second-order valence-electron chi connectivity index (χ2n) is 7.04. The third-order valence-corrected chi connectivity index (χ3v) is 5.05. The summed E-state index contributed by atoms with van der Waals surface area (Å²) in [5.74, 6) is 0.682. The topological polar surface area (TPSA) is 47.1 Å². The molecule has 1 unspecified atom stereocenters. The molecule has 0 bridgehead atoms. The van der Waals surface area contributed by atoms with Crippen molar-refractivity contribution in [3.8, 4) is 11.1 Å². The predicted octanol–water partition coefficient (Wildman–Crippen LogP) is 3.38. The zero-order valence-corrected chi connectivity index (χ0v) is 15.7. The summed E-state index contributed by atoms with van der Waals surface area (Å²) in [5.41, 5.74) is 11.3. The molecular formula is C19H29ClN4. The van der Waals surface area contributed by atoms with Gasteiger partial charge in [0.25, 0.3) is 0 Å². The highest BCUT2D eigenvalue weighted by molar-refractivity contribution is 5.85. The molecule has 1 aromatic carbocycles. The SMILES string of the molecule is Cc1ccc(CN2CCC(C(C)N)CC2)c(-c2cnn(C)c2)c1.Cl. The molecule has 2 N–H and O–H groups in total. The number of nitrogens with two attached hydrogens (primary N) is 1. The number of likely N-dealkylation sites (tertiary alicyclic amines) is 1. The minimum absolute atomic E-state index is 0. The summed E-state index contributed by atoms with van der Waals surface area (Å²) < 4.78 is 1.87. The predicted molar refractivity (Wildman–Crippen MR) is 102 cm³/mol. The summed E-state index contributed by atoms with van der Waals surface area (Å²) in [6.07, 6.45) is 6.48. The van der Waals surface area contributed by atoms with E-state index in [-0.39, 0.29) is 12.4 Å². The summed E-state index contributed by atoms with van der Waals surface area (Å²) in [6.45, 7) is 7.59. The molecule has 5 heteroatoms. The van der Waals surface area contributed by atoms with Gasteiger partial charge in [-0.1, -0.05) is 23.8 Å². The average molecular weight is 349 g/mol. The Labute approximate surface area is 151 Å². The fourth-order valence-corrected chi connectivity index (χ4v) is 3.53. The summed E-state index contributed by atoms with van der Waals surface area (Å²) in [7, 11) is 1.97. The van der Waals surface area contributed by atoms with Crippen molar-refractivity contribution < 1.29 is 0 Å². The van der Waals surface area contributed by atoms with Gasteiger partial charge >= 0.3 is 0 Å². The van der Waals surface area contributed by atoms with Crippen molar-refractivity contribution in [1.82, 2.24) is 14.7 Å². The first kappa shape index (κ1) is 19.0. The molecule has 2 aromatic rings. The monoisotopic (exact) mass is 348 g/mol. The Morgan fingerprint density at radius 1 is 1.29 bits per heavy atom. The molecule has 0 saturated carbocycles. The number of hydrogen-bond acceptors (Lipinski definition) is 3. The van der Waals surface area contributed by atoms with Crippen LogP contribution in [0.1, 0.15) is 30.9 Å². The second kappa shape index (κ2) is 8.15. The van der Waals surface area contributed by atoms with Crippen LogP contribution in [0.2, 0.25) is 0 Å². The molecule has 3 rings (SSSR count). The minimum atomic E-state index is 0. The van der Waals surface area contributed by atoms with Crippen molar-refractivity contribution in [2.24, 2.45) is 18.7 Å². The van der Waals surface area contributed by atoms with E-state index in [4.69, 9.17) is 5.73 Å². The fraction of sp³-hybridized carbons (Fsp3) is 0.526. The number of aromatic nitrogens is 2. The molecule has 1 aliphatic heterocycles. The van der Waals surface area contributed by atoms with Gasteiger partial charge in [-0.2, -0.15) is 5.10 Å². The highest BCUT2D eigenvalue weighted by atomic mass is 35.5. The molecule has 1 aromatic heterocycles. The zero-order valence-electron chi connectivity index (χ0n) is 14.9. The van der Waals surface area contributed by atoms with Crippen LogP contribution < -0.4 is 5.73 Å². The molecule has 0 radical (unpaired) electrons. The first-order valence-electron chi connectivity index (χ1n) is 8.59.